The Labute approximate surface area is 357 Å². The number of allylic oxidation sites excluding steroid dienone is 8. The van der Waals surface area contributed by atoms with E-state index in [0.29, 0.717) is 11.5 Å². The molecule has 1 aliphatic carbocycles. The largest absolute Gasteiger partial charge is 0.371 e. The maximum atomic E-state index is 12.5. The first-order valence-electron chi connectivity index (χ1n) is 21.9. The van der Waals surface area contributed by atoms with Crippen LogP contribution in [0, 0.1) is 6.92 Å². The zero-order valence-corrected chi connectivity index (χ0v) is 37.0. The van der Waals surface area contributed by atoms with E-state index in [2.05, 4.69) is 78.8 Å². The van der Waals surface area contributed by atoms with Crippen molar-refractivity contribution in [1.82, 2.24) is 9.96 Å². The molecule has 0 bridgehead atoms. The first-order valence-corrected chi connectivity index (χ1v) is 23.3. The maximum Gasteiger partial charge on any atom is 0.333 e. The molecule has 3 aliphatic heterocycles. The molecule has 4 aliphatic rings. The Bertz CT molecular complexity index is 2210. The SMILES string of the molecule is C=C(C=CC1=C(N2CCCCC2)C(=CC=C2N(CCC)c3ccccc3C2(C)CCCCCC(=O)ON2C(=O)CCC2=O)CCC1)C(C)(C)c1cc(S(=O)(=O)O)ccc1C. The van der Waals surface area contributed by atoms with Crippen molar-refractivity contribution in [2.75, 3.05) is 24.5 Å². The Hall–Kier alpha value is -4.74. The van der Waals surface area contributed by atoms with E-state index in [0.717, 1.165) is 94.1 Å². The highest BCUT2D eigenvalue weighted by atomic mass is 32.2. The number of hydroxylamine groups is 2. The lowest BCUT2D eigenvalue weighted by molar-refractivity contribution is -0.197. The predicted octanol–water partition coefficient (Wildman–Crippen LogP) is 10.1. The molecule has 1 unspecified atom stereocenters. The van der Waals surface area contributed by atoms with Crippen LogP contribution in [0.25, 0.3) is 0 Å². The number of rotatable bonds is 16. The Morgan fingerprint density at radius 2 is 1.67 bits per heavy atom. The first-order chi connectivity index (χ1) is 28.6. The molecule has 0 aromatic heterocycles. The number of unbranched alkanes of at least 4 members (excludes halogenated alkanes) is 2. The fourth-order valence-electron chi connectivity index (χ4n) is 9.43. The summed E-state index contributed by atoms with van der Waals surface area (Å²) in [6.45, 7) is 18.0. The second kappa shape index (κ2) is 18.9. The van der Waals surface area contributed by atoms with E-state index in [1.165, 1.54) is 46.3 Å². The van der Waals surface area contributed by atoms with Gasteiger partial charge in [-0.3, -0.25) is 14.1 Å². The van der Waals surface area contributed by atoms with Crippen molar-refractivity contribution in [3.05, 3.63) is 118 Å². The Morgan fingerprint density at radius 3 is 2.37 bits per heavy atom. The lowest BCUT2D eigenvalue weighted by Crippen LogP contribution is -2.32. The first kappa shape index (κ1) is 44.8. The molecule has 1 atom stereocenters. The van der Waals surface area contributed by atoms with Crippen molar-refractivity contribution < 1.29 is 32.2 Å². The van der Waals surface area contributed by atoms with Crippen molar-refractivity contribution in [3.63, 3.8) is 0 Å². The fraction of sp³-hybridized carbons (Fsp3) is 0.490. The molecule has 11 heteroatoms. The van der Waals surface area contributed by atoms with Gasteiger partial charge in [0.05, 0.1) is 4.90 Å². The minimum absolute atomic E-state index is 0.0812. The molecule has 3 heterocycles. The van der Waals surface area contributed by atoms with E-state index >= 15 is 0 Å². The molecule has 2 aromatic carbocycles. The molecule has 10 nitrogen and oxygen atoms in total. The summed E-state index contributed by atoms with van der Waals surface area (Å²) in [5, 5.41) is 0.626. The highest BCUT2D eigenvalue weighted by Crippen LogP contribution is 2.51. The van der Waals surface area contributed by atoms with Crippen molar-refractivity contribution in [2.24, 2.45) is 0 Å². The molecule has 322 valence electrons. The van der Waals surface area contributed by atoms with Gasteiger partial charge in [0.2, 0.25) is 0 Å². The van der Waals surface area contributed by atoms with Crippen LogP contribution < -0.4 is 4.90 Å². The van der Waals surface area contributed by atoms with Crippen LogP contribution in [0.3, 0.4) is 0 Å². The number of likely N-dealkylation sites (tertiary alicyclic amines) is 1. The minimum Gasteiger partial charge on any atom is -0.371 e. The fourth-order valence-corrected chi connectivity index (χ4v) is 9.94. The van der Waals surface area contributed by atoms with Crippen molar-refractivity contribution in [3.8, 4) is 0 Å². The van der Waals surface area contributed by atoms with Gasteiger partial charge < -0.3 is 14.6 Å². The van der Waals surface area contributed by atoms with Gasteiger partial charge in [0.15, 0.2) is 0 Å². The summed E-state index contributed by atoms with van der Waals surface area (Å²) in [5.74, 6) is -1.47. The molecule has 6 rings (SSSR count). The third kappa shape index (κ3) is 9.73. The molecule has 0 saturated carbocycles. The number of imide groups is 1. The quantitative estimate of drug-likeness (QED) is 0.0761. The number of piperidine rings is 1. The number of amides is 2. The highest BCUT2D eigenvalue weighted by molar-refractivity contribution is 7.85. The van der Waals surface area contributed by atoms with Crippen LogP contribution in [0.5, 0.6) is 0 Å². The van der Waals surface area contributed by atoms with Crippen LogP contribution in [0.1, 0.15) is 134 Å². The molecular weight excluding hydrogens is 775 g/mol. The Morgan fingerprint density at radius 1 is 0.950 bits per heavy atom. The van der Waals surface area contributed by atoms with Crippen LogP contribution in [-0.4, -0.2) is 60.4 Å². The smallest absolute Gasteiger partial charge is 0.333 e. The number of para-hydroxylation sites is 1. The molecule has 2 aromatic rings. The van der Waals surface area contributed by atoms with Gasteiger partial charge in [-0.1, -0.05) is 82.7 Å². The molecular formula is C49H63N3O7S. The topological polar surface area (TPSA) is 125 Å². The average molecular weight is 838 g/mol. The summed E-state index contributed by atoms with van der Waals surface area (Å²) < 4.78 is 33.9. The number of aryl methyl sites for hydroxylation is 1. The van der Waals surface area contributed by atoms with Crippen LogP contribution >= 0.6 is 0 Å². The number of carbonyl (C=O) groups excluding carboxylic acids is 3. The second-order valence-corrected chi connectivity index (χ2v) is 19.0. The third-order valence-electron chi connectivity index (χ3n) is 12.9. The lowest BCUT2D eigenvalue weighted by atomic mass is 9.76. The Kier molecular flexibility index (Phi) is 14.1. The van der Waals surface area contributed by atoms with E-state index in [4.69, 9.17) is 4.84 Å². The number of benzene rings is 2. The maximum absolute atomic E-state index is 12.5. The minimum atomic E-state index is -4.35. The van der Waals surface area contributed by atoms with Crippen molar-refractivity contribution in [2.45, 2.75) is 140 Å². The van der Waals surface area contributed by atoms with Gasteiger partial charge in [0.25, 0.3) is 21.9 Å². The normalized spacial score (nSPS) is 21.5. The summed E-state index contributed by atoms with van der Waals surface area (Å²) >= 11 is 0. The molecule has 2 saturated heterocycles. The van der Waals surface area contributed by atoms with Crippen molar-refractivity contribution >= 4 is 33.6 Å². The average Bonchev–Trinajstić information content (AvgIpc) is 3.66. The number of anilines is 1. The van der Waals surface area contributed by atoms with Gasteiger partial charge in [0.1, 0.15) is 0 Å². The molecule has 1 N–H and O–H groups in total. The summed E-state index contributed by atoms with van der Waals surface area (Å²) in [6.07, 6.45) is 20.1. The second-order valence-electron chi connectivity index (χ2n) is 17.6. The number of nitrogens with zero attached hydrogens (tertiary/aromatic N) is 3. The summed E-state index contributed by atoms with van der Waals surface area (Å²) in [6, 6.07) is 13.5. The van der Waals surface area contributed by atoms with Gasteiger partial charge in [0, 0.05) is 66.8 Å². The highest BCUT2D eigenvalue weighted by Gasteiger charge is 2.42. The van der Waals surface area contributed by atoms with E-state index in [1.807, 2.05) is 20.8 Å². The molecule has 2 amide bonds. The Balaban J connectivity index is 1.28. The van der Waals surface area contributed by atoms with E-state index in [1.54, 1.807) is 12.1 Å². The van der Waals surface area contributed by atoms with E-state index in [9.17, 15) is 27.4 Å². The third-order valence-corrected chi connectivity index (χ3v) is 13.8. The summed E-state index contributed by atoms with van der Waals surface area (Å²) in [5.41, 5.74) is 9.51. The molecule has 2 fully saturated rings. The number of fused-ring (bicyclic) bond motifs is 1. The zero-order chi connectivity index (χ0) is 43.2. The van der Waals surface area contributed by atoms with E-state index in [-0.39, 0.29) is 29.6 Å². The van der Waals surface area contributed by atoms with Gasteiger partial charge in [-0.05, 0) is 129 Å². The van der Waals surface area contributed by atoms with Crippen molar-refractivity contribution in [1.29, 1.82) is 0 Å². The van der Waals surface area contributed by atoms with Crippen LogP contribution in [0.2, 0.25) is 0 Å². The van der Waals surface area contributed by atoms with Crippen LogP contribution in [-0.2, 0) is 40.2 Å². The van der Waals surface area contributed by atoms with Crippen LogP contribution in [0.4, 0.5) is 5.69 Å². The predicted molar refractivity (Wildman–Crippen MR) is 236 cm³/mol. The van der Waals surface area contributed by atoms with Gasteiger partial charge >= 0.3 is 5.97 Å². The number of hydrogen-bond donors (Lipinski definition) is 1. The van der Waals surface area contributed by atoms with Gasteiger partial charge in [-0.25, -0.2) is 4.79 Å². The van der Waals surface area contributed by atoms with E-state index < -0.39 is 33.3 Å². The van der Waals surface area contributed by atoms with Crippen LogP contribution in [0.15, 0.2) is 106 Å². The monoisotopic (exact) mass is 837 g/mol. The number of carbonyl (C=O) groups is 3. The molecule has 0 spiro atoms. The molecule has 0 radical (unpaired) electrons. The summed E-state index contributed by atoms with van der Waals surface area (Å²) in [4.78, 5) is 46.4. The standard InChI is InChI=1S/C49H63N3O7S/c1-7-31-51-42-20-12-11-19-40(42)49(6,30-13-8-10-21-46(55)59-52-44(53)28-29-45(52)54)43(51)27-25-38-18-16-17-37(47(38)50-32-14-9-15-33-50)24-23-36(3)48(4,5)41-34-39(60(56,57)58)26-22-35(41)2/h11-12,19-20,22-27,34H,3,7-10,13-18,21,28-33H2,1-2,4-6H3,(H,56,57,58). The lowest BCUT2D eigenvalue weighted by Gasteiger charge is -2.36. The zero-order valence-electron chi connectivity index (χ0n) is 36.2. The van der Waals surface area contributed by atoms with Gasteiger partial charge in [-0.2, -0.15) is 8.42 Å². The van der Waals surface area contributed by atoms with Gasteiger partial charge in [-0.15, -0.1) is 5.06 Å². The number of hydrogen-bond acceptors (Lipinski definition) is 8. The summed E-state index contributed by atoms with van der Waals surface area (Å²) in [7, 11) is -4.35. The molecule has 60 heavy (non-hydrogen) atoms.